The lowest BCUT2D eigenvalue weighted by atomic mass is 10.1. The molecular weight excluding hydrogens is 232 g/mol. The molecule has 1 amide bonds. The fraction of sp³-hybridized carbons (Fsp3) is 0.455. The highest BCUT2D eigenvalue weighted by atomic mass is 16.1. The number of aromatic nitrogens is 4. The van der Waals surface area contributed by atoms with E-state index < -0.39 is 0 Å². The molecule has 0 spiro atoms. The predicted octanol–water partition coefficient (Wildman–Crippen LogP) is 0.533. The van der Waals surface area contributed by atoms with Gasteiger partial charge in [-0.15, -0.1) is 10.2 Å². The van der Waals surface area contributed by atoms with Gasteiger partial charge >= 0.3 is 0 Å². The van der Waals surface area contributed by atoms with Crippen LogP contribution < -0.4 is 10.6 Å². The van der Waals surface area contributed by atoms with Crippen LogP contribution in [0.5, 0.6) is 0 Å². The molecule has 18 heavy (non-hydrogen) atoms. The Balaban J connectivity index is 2.70. The van der Waals surface area contributed by atoms with Crippen LogP contribution >= 0.6 is 0 Å². The molecule has 2 aromatic heterocycles. The maximum absolute atomic E-state index is 11.8. The van der Waals surface area contributed by atoms with Crippen LogP contribution in [0.3, 0.4) is 0 Å². The number of rotatable bonds is 3. The second-order valence-corrected chi connectivity index (χ2v) is 3.97. The fourth-order valence-corrected chi connectivity index (χ4v) is 1.73. The van der Waals surface area contributed by atoms with Crippen molar-refractivity contribution in [1.29, 1.82) is 0 Å². The van der Waals surface area contributed by atoms with Crippen molar-refractivity contribution in [1.82, 2.24) is 25.1 Å². The van der Waals surface area contributed by atoms with Crippen molar-refractivity contribution in [2.45, 2.75) is 20.8 Å². The van der Waals surface area contributed by atoms with E-state index in [-0.39, 0.29) is 5.91 Å². The Kier molecular flexibility index (Phi) is 3.14. The van der Waals surface area contributed by atoms with Crippen LogP contribution in [0.4, 0.5) is 5.95 Å². The van der Waals surface area contributed by atoms with E-state index in [0.29, 0.717) is 23.8 Å². The number of nitrogens with zero attached hydrogens (tertiary/aromatic N) is 4. The lowest BCUT2D eigenvalue weighted by Gasteiger charge is -2.08. The van der Waals surface area contributed by atoms with Crippen LogP contribution in [0.25, 0.3) is 5.65 Å². The van der Waals surface area contributed by atoms with Gasteiger partial charge in [-0.2, -0.15) is 9.61 Å². The number of carbonyl (C=O) groups is 1. The molecule has 0 aliphatic carbocycles. The number of nitrogens with one attached hydrogen (secondary N) is 2. The van der Waals surface area contributed by atoms with E-state index in [1.54, 1.807) is 11.6 Å². The Bertz CT molecular complexity index is 603. The van der Waals surface area contributed by atoms with Crippen molar-refractivity contribution in [3.05, 3.63) is 16.8 Å². The summed E-state index contributed by atoms with van der Waals surface area (Å²) in [5.74, 6) is 0.328. The third-order valence-electron chi connectivity index (χ3n) is 2.87. The van der Waals surface area contributed by atoms with Crippen LogP contribution in [0.2, 0.25) is 0 Å². The van der Waals surface area contributed by atoms with Crippen molar-refractivity contribution in [3.8, 4) is 0 Å². The summed E-state index contributed by atoms with van der Waals surface area (Å²) in [7, 11) is 1.58. The van der Waals surface area contributed by atoms with Crippen LogP contribution in [-0.2, 0) is 0 Å². The van der Waals surface area contributed by atoms with Crippen molar-refractivity contribution >= 4 is 17.5 Å². The minimum Gasteiger partial charge on any atom is -0.354 e. The molecular formula is C11H16N6O. The van der Waals surface area contributed by atoms with Crippen molar-refractivity contribution in [2.24, 2.45) is 0 Å². The predicted molar refractivity (Wildman–Crippen MR) is 67.8 cm³/mol. The standard InChI is InChI=1S/C11H16N6O/c1-5-13-11-15-14-9-7(3)6(2)8(10(18)12-4)16-17(9)11/h5H2,1-4H3,(H,12,18)(H,13,15). The molecule has 0 bridgehead atoms. The second kappa shape index (κ2) is 4.59. The van der Waals surface area contributed by atoms with Gasteiger partial charge in [0.25, 0.3) is 5.91 Å². The third-order valence-corrected chi connectivity index (χ3v) is 2.87. The summed E-state index contributed by atoms with van der Waals surface area (Å²) in [6.45, 7) is 6.43. The second-order valence-electron chi connectivity index (χ2n) is 3.97. The maximum Gasteiger partial charge on any atom is 0.271 e. The van der Waals surface area contributed by atoms with Gasteiger partial charge in [0, 0.05) is 19.2 Å². The summed E-state index contributed by atoms with van der Waals surface area (Å²) in [6.07, 6.45) is 0. The van der Waals surface area contributed by atoms with Crippen molar-refractivity contribution < 1.29 is 4.79 Å². The van der Waals surface area contributed by atoms with Gasteiger partial charge in [0.2, 0.25) is 5.95 Å². The molecule has 0 aromatic carbocycles. The highest BCUT2D eigenvalue weighted by molar-refractivity contribution is 5.94. The van der Waals surface area contributed by atoms with Gasteiger partial charge in [-0.1, -0.05) is 0 Å². The number of hydrogen-bond acceptors (Lipinski definition) is 5. The van der Waals surface area contributed by atoms with Crippen molar-refractivity contribution in [3.63, 3.8) is 0 Å². The number of anilines is 1. The Hall–Kier alpha value is -2.18. The number of amides is 1. The quantitative estimate of drug-likeness (QED) is 0.827. The average Bonchev–Trinajstić information content (AvgIpc) is 2.76. The molecule has 7 nitrogen and oxygen atoms in total. The smallest absolute Gasteiger partial charge is 0.271 e. The Labute approximate surface area is 105 Å². The zero-order valence-electron chi connectivity index (χ0n) is 10.9. The molecule has 2 N–H and O–H groups in total. The molecule has 0 fully saturated rings. The molecule has 0 aliphatic heterocycles. The van der Waals surface area contributed by atoms with Gasteiger partial charge in [0.1, 0.15) is 0 Å². The molecule has 0 saturated carbocycles. The molecule has 2 rings (SSSR count). The number of aryl methyl sites for hydroxylation is 1. The van der Waals surface area contributed by atoms with E-state index in [2.05, 4.69) is 25.9 Å². The van der Waals surface area contributed by atoms with Crippen LogP contribution in [0.1, 0.15) is 28.5 Å². The zero-order chi connectivity index (χ0) is 13.3. The minimum atomic E-state index is -0.214. The summed E-state index contributed by atoms with van der Waals surface area (Å²) in [6, 6.07) is 0. The van der Waals surface area contributed by atoms with E-state index >= 15 is 0 Å². The first-order valence-corrected chi connectivity index (χ1v) is 5.78. The van der Waals surface area contributed by atoms with Crippen LogP contribution in [0, 0.1) is 13.8 Å². The van der Waals surface area contributed by atoms with Gasteiger partial charge in [0.15, 0.2) is 11.3 Å². The molecule has 2 aromatic rings. The van der Waals surface area contributed by atoms with Crippen LogP contribution in [0.15, 0.2) is 0 Å². The maximum atomic E-state index is 11.8. The molecule has 0 saturated heterocycles. The summed E-state index contributed by atoms with van der Waals surface area (Å²) in [5, 5.41) is 18.0. The van der Waals surface area contributed by atoms with E-state index in [0.717, 1.165) is 11.1 Å². The summed E-state index contributed by atoms with van der Waals surface area (Å²) in [4.78, 5) is 11.8. The van der Waals surface area contributed by atoms with E-state index in [4.69, 9.17) is 0 Å². The zero-order valence-corrected chi connectivity index (χ0v) is 10.9. The first kappa shape index (κ1) is 12.3. The van der Waals surface area contributed by atoms with Gasteiger partial charge < -0.3 is 10.6 Å². The van der Waals surface area contributed by atoms with E-state index in [1.165, 1.54) is 0 Å². The number of fused-ring (bicyclic) bond motifs is 1. The largest absolute Gasteiger partial charge is 0.354 e. The first-order chi connectivity index (χ1) is 8.60. The lowest BCUT2D eigenvalue weighted by Crippen LogP contribution is -2.22. The van der Waals surface area contributed by atoms with Gasteiger partial charge in [-0.3, -0.25) is 4.79 Å². The molecule has 2 heterocycles. The topological polar surface area (TPSA) is 84.2 Å². The van der Waals surface area contributed by atoms with Gasteiger partial charge in [-0.25, -0.2) is 0 Å². The van der Waals surface area contributed by atoms with E-state index in [1.807, 2.05) is 20.8 Å². The average molecular weight is 248 g/mol. The van der Waals surface area contributed by atoms with Crippen LogP contribution in [-0.4, -0.2) is 39.3 Å². The molecule has 96 valence electrons. The summed E-state index contributed by atoms with van der Waals surface area (Å²) in [5.41, 5.74) is 2.77. The minimum absolute atomic E-state index is 0.214. The molecule has 0 radical (unpaired) electrons. The lowest BCUT2D eigenvalue weighted by molar-refractivity contribution is 0.0956. The van der Waals surface area contributed by atoms with Crippen molar-refractivity contribution in [2.75, 3.05) is 18.9 Å². The highest BCUT2D eigenvalue weighted by Gasteiger charge is 2.17. The monoisotopic (exact) mass is 248 g/mol. The normalized spacial score (nSPS) is 10.7. The third kappa shape index (κ3) is 1.77. The summed E-state index contributed by atoms with van der Waals surface area (Å²) < 4.78 is 1.57. The van der Waals surface area contributed by atoms with E-state index in [9.17, 15) is 4.79 Å². The number of carbonyl (C=O) groups excluding carboxylic acids is 1. The van der Waals surface area contributed by atoms with Gasteiger partial charge in [-0.05, 0) is 26.3 Å². The van der Waals surface area contributed by atoms with Gasteiger partial charge in [0.05, 0.1) is 0 Å². The first-order valence-electron chi connectivity index (χ1n) is 5.78. The Morgan fingerprint density at radius 3 is 2.61 bits per heavy atom. The molecule has 0 unspecified atom stereocenters. The highest BCUT2D eigenvalue weighted by Crippen LogP contribution is 2.17. The Morgan fingerprint density at radius 2 is 2.00 bits per heavy atom. The SMILES string of the molecule is CCNc1nnc2c(C)c(C)c(C(=O)NC)nn12. The molecule has 0 atom stereocenters. The molecule has 7 heteroatoms. The summed E-state index contributed by atoms with van der Waals surface area (Å²) >= 11 is 0. The molecule has 0 aliphatic rings. The number of hydrogen-bond donors (Lipinski definition) is 2. The Morgan fingerprint density at radius 1 is 1.28 bits per heavy atom. The fourth-order valence-electron chi connectivity index (χ4n) is 1.73.